The summed E-state index contributed by atoms with van der Waals surface area (Å²) < 4.78 is 3.65. The monoisotopic (exact) mass is 438 g/mol. The van der Waals surface area contributed by atoms with Gasteiger partial charge < -0.3 is 0 Å². The van der Waals surface area contributed by atoms with Crippen LogP contribution in [-0.4, -0.2) is 0 Å². The first kappa shape index (κ1) is 17.4. The van der Waals surface area contributed by atoms with Gasteiger partial charge in [-0.25, -0.2) is 0 Å². The van der Waals surface area contributed by atoms with Crippen molar-refractivity contribution in [3.63, 3.8) is 0 Å². The molecule has 2 rings (SSSR count). The van der Waals surface area contributed by atoms with E-state index in [1.165, 1.54) is 24.0 Å². The van der Waals surface area contributed by atoms with Crippen molar-refractivity contribution in [3.05, 3.63) is 41.1 Å². The number of allylic oxidation sites excluding steroid dienone is 8. The minimum atomic E-state index is -0.672. The van der Waals surface area contributed by atoms with Gasteiger partial charge in [-0.05, 0) is 0 Å². The summed E-state index contributed by atoms with van der Waals surface area (Å²) >= 11 is -0.672. The molecule has 0 bridgehead atoms. The summed E-state index contributed by atoms with van der Waals surface area (Å²) in [4.78, 5) is 0. The molecule has 0 aliphatic heterocycles. The molecule has 0 atom stereocenters. The predicted octanol–water partition coefficient (Wildman–Crippen LogP) is 5.16. The first-order valence-electron chi connectivity index (χ1n) is 5.60. The molecule has 2 aliphatic rings. The molecular formula is C14H20Cl2Hf. The zero-order chi connectivity index (χ0) is 11.0. The molecule has 0 fully saturated rings. The van der Waals surface area contributed by atoms with Crippen LogP contribution in [0, 0.1) is 0 Å². The van der Waals surface area contributed by atoms with Gasteiger partial charge in [0.25, 0.3) is 0 Å². The van der Waals surface area contributed by atoms with Crippen LogP contribution in [0.4, 0.5) is 0 Å². The average Bonchev–Trinajstić information content (AvgIpc) is 2.68. The van der Waals surface area contributed by atoms with Crippen molar-refractivity contribution in [3.8, 4) is 0 Å². The van der Waals surface area contributed by atoms with Crippen LogP contribution < -0.4 is 0 Å². The van der Waals surface area contributed by atoms with Gasteiger partial charge >= 0.3 is 105 Å². The molecule has 0 heterocycles. The van der Waals surface area contributed by atoms with Crippen molar-refractivity contribution in [1.82, 2.24) is 0 Å². The fraction of sp³-hybridized carbons (Fsp3) is 0.429. The zero-order valence-electron chi connectivity index (χ0n) is 10.9. The van der Waals surface area contributed by atoms with Gasteiger partial charge in [-0.15, -0.1) is 24.8 Å². The second kappa shape index (κ2) is 7.11. The molecule has 0 aromatic rings. The second-order valence-electron chi connectivity index (χ2n) is 4.51. The third kappa shape index (κ3) is 3.68. The molecule has 0 aromatic heterocycles. The largest absolute Gasteiger partial charge is 0.147 e. The third-order valence-corrected chi connectivity index (χ3v) is 9.94. The van der Waals surface area contributed by atoms with Crippen molar-refractivity contribution in [2.75, 3.05) is 0 Å². The van der Waals surface area contributed by atoms with Gasteiger partial charge in [0.05, 0.1) is 0 Å². The topological polar surface area (TPSA) is 0 Å². The Morgan fingerprint density at radius 3 is 1.35 bits per heavy atom. The maximum absolute atomic E-state index is 2.41. The minimum absolute atomic E-state index is 0. The van der Waals surface area contributed by atoms with Gasteiger partial charge in [0.1, 0.15) is 0 Å². The Kier molecular flexibility index (Phi) is 7.28. The van der Waals surface area contributed by atoms with Crippen molar-refractivity contribution < 1.29 is 22.9 Å². The number of hydrogen-bond acceptors (Lipinski definition) is 0. The maximum atomic E-state index is 2.41. The smallest absolute Gasteiger partial charge is 0.147 e. The fourth-order valence-corrected chi connectivity index (χ4v) is 7.61. The molecule has 17 heavy (non-hydrogen) atoms. The molecule has 0 saturated heterocycles. The Hall–Kier alpha value is 0.410. The summed E-state index contributed by atoms with van der Waals surface area (Å²) in [6.07, 6.45) is 7.33. The summed E-state index contributed by atoms with van der Waals surface area (Å²) in [5.41, 5.74) is 6.28. The van der Waals surface area contributed by atoms with E-state index < -0.39 is 22.9 Å². The zero-order valence-corrected chi connectivity index (χ0v) is 16.1. The summed E-state index contributed by atoms with van der Waals surface area (Å²) in [7, 11) is 0. The first-order valence-corrected chi connectivity index (χ1v) is 9.19. The Labute approximate surface area is 129 Å². The van der Waals surface area contributed by atoms with Crippen molar-refractivity contribution in [2.24, 2.45) is 0 Å². The Morgan fingerprint density at radius 1 is 0.765 bits per heavy atom. The molecule has 0 aromatic carbocycles. The van der Waals surface area contributed by atoms with Gasteiger partial charge in [0.15, 0.2) is 0 Å². The predicted molar refractivity (Wildman–Crippen MR) is 76.6 cm³/mol. The van der Waals surface area contributed by atoms with Gasteiger partial charge in [0.2, 0.25) is 0 Å². The summed E-state index contributed by atoms with van der Waals surface area (Å²) in [5, 5.41) is 0. The van der Waals surface area contributed by atoms with Crippen LogP contribution in [0.15, 0.2) is 41.1 Å². The molecule has 0 radical (unpaired) electrons. The van der Waals surface area contributed by atoms with Gasteiger partial charge in [0, 0.05) is 0 Å². The van der Waals surface area contributed by atoms with Crippen LogP contribution >= 0.6 is 24.8 Å². The van der Waals surface area contributed by atoms with Crippen LogP contribution in [0.5, 0.6) is 0 Å². The van der Waals surface area contributed by atoms with Crippen LogP contribution in [0.3, 0.4) is 0 Å². The summed E-state index contributed by atoms with van der Waals surface area (Å²) in [5.74, 6) is 0. The summed E-state index contributed by atoms with van der Waals surface area (Å²) in [6.45, 7) is 9.13. The van der Waals surface area contributed by atoms with E-state index in [4.69, 9.17) is 0 Å². The van der Waals surface area contributed by atoms with E-state index in [0.717, 1.165) is 0 Å². The molecule has 0 unspecified atom stereocenters. The number of hydrogen-bond donors (Lipinski definition) is 0. The molecule has 0 spiro atoms. The molecule has 0 saturated carbocycles. The van der Waals surface area contributed by atoms with Crippen LogP contribution in [0.2, 0.25) is 0 Å². The first-order chi connectivity index (χ1) is 7.09. The third-order valence-electron chi connectivity index (χ3n) is 3.61. The summed E-state index contributed by atoms with van der Waals surface area (Å²) in [6, 6.07) is 0. The van der Waals surface area contributed by atoms with E-state index in [9.17, 15) is 0 Å². The minimum Gasteiger partial charge on any atom is -0.147 e. The van der Waals surface area contributed by atoms with E-state index >= 15 is 0 Å². The molecule has 3 heteroatoms. The van der Waals surface area contributed by atoms with Crippen molar-refractivity contribution in [1.29, 1.82) is 0 Å². The standard InChI is InChI=1S/2C7H9.2ClH.Hf/c2*1-6-4-3-5-7(6)2;;;/h2*4H,3H2,1-2H3;2*1H;. The molecule has 94 valence electrons. The molecule has 0 N–H and O–H groups in total. The van der Waals surface area contributed by atoms with Crippen LogP contribution in [0.25, 0.3) is 0 Å². The molecule has 2 aliphatic carbocycles. The van der Waals surface area contributed by atoms with Crippen LogP contribution in [-0.2, 0) is 22.9 Å². The van der Waals surface area contributed by atoms with Gasteiger partial charge in [-0.2, -0.15) is 0 Å². The molecule has 0 nitrogen and oxygen atoms in total. The van der Waals surface area contributed by atoms with E-state index in [1.54, 1.807) is 11.1 Å². The van der Waals surface area contributed by atoms with Crippen LogP contribution in [0.1, 0.15) is 40.5 Å². The van der Waals surface area contributed by atoms with Crippen molar-refractivity contribution in [2.45, 2.75) is 40.5 Å². The van der Waals surface area contributed by atoms with Gasteiger partial charge in [-0.1, -0.05) is 0 Å². The van der Waals surface area contributed by atoms with E-state index in [2.05, 4.69) is 39.8 Å². The maximum Gasteiger partial charge on any atom is -0.147 e. The van der Waals surface area contributed by atoms with Crippen molar-refractivity contribution >= 4 is 24.8 Å². The molecule has 0 amide bonds. The average molecular weight is 438 g/mol. The number of rotatable bonds is 2. The van der Waals surface area contributed by atoms with Gasteiger partial charge in [-0.3, -0.25) is 0 Å². The van der Waals surface area contributed by atoms with E-state index in [-0.39, 0.29) is 24.8 Å². The SMILES string of the molecule is CC1=CC[C]([Hf][C]2=C(C)C(C)=CC2)=C1C.Cl.Cl. The molecular weight excluding hydrogens is 418 g/mol. The Balaban J connectivity index is 0.00000128. The normalized spacial score (nSPS) is 18.6. The quantitative estimate of drug-likeness (QED) is 0.524. The fourth-order valence-electron chi connectivity index (χ4n) is 2.07. The van der Waals surface area contributed by atoms with E-state index in [1.807, 2.05) is 6.66 Å². The second-order valence-corrected chi connectivity index (χ2v) is 9.75. The number of halogens is 2. The van der Waals surface area contributed by atoms with E-state index in [0.29, 0.717) is 0 Å². The Morgan fingerprint density at radius 2 is 1.12 bits per heavy atom. The Bertz CT molecular complexity index is 386.